The fraction of sp³-hybridized carbons (Fsp3) is 0.333. The topological polar surface area (TPSA) is 3.24 Å². The maximum absolute atomic E-state index is 3.61. The Morgan fingerprint density at radius 2 is 1.83 bits per heavy atom. The summed E-state index contributed by atoms with van der Waals surface area (Å²) in [5.74, 6) is 0. The van der Waals surface area contributed by atoms with E-state index >= 15 is 0 Å². The molecule has 0 unspecified atom stereocenters. The predicted molar refractivity (Wildman–Crippen MR) is 82.8 cm³/mol. The monoisotopic (exact) mass is 323 g/mol. The summed E-state index contributed by atoms with van der Waals surface area (Å²) in [7, 11) is 0. The Bertz CT molecular complexity index is 478. The molecule has 3 heteroatoms. The Kier molecular flexibility index (Phi) is 4.98. The quantitative estimate of drug-likeness (QED) is 0.754. The highest BCUT2D eigenvalue weighted by Gasteiger charge is 2.13. The van der Waals surface area contributed by atoms with Gasteiger partial charge in [0.1, 0.15) is 0 Å². The zero-order valence-electron chi connectivity index (χ0n) is 10.8. The van der Waals surface area contributed by atoms with Crippen molar-refractivity contribution in [3.63, 3.8) is 0 Å². The van der Waals surface area contributed by atoms with Gasteiger partial charge in [-0.15, -0.1) is 11.3 Å². The van der Waals surface area contributed by atoms with E-state index in [-0.39, 0.29) is 0 Å². The summed E-state index contributed by atoms with van der Waals surface area (Å²) in [6.45, 7) is 6.52. The van der Waals surface area contributed by atoms with E-state index < -0.39 is 0 Å². The van der Waals surface area contributed by atoms with Crippen LogP contribution in [0.25, 0.3) is 0 Å². The lowest BCUT2D eigenvalue weighted by atomic mass is 10.2. The Balaban J connectivity index is 2.07. The van der Waals surface area contributed by atoms with E-state index in [1.165, 1.54) is 14.9 Å². The second-order valence-corrected chi connectivity index (χ2v) is 6.53. The van der Waals surface area contributed by atoms with Crippen molar-refractivity contribution in [3.8, 4) is 0 Å². The van der Waals surface area contributed by atoms with Gasteiger partial charge < -0.3 is 0 Å². The average molecular weight is 324 g/mol. The first-order valence-electron chi connectivity index (χ1n) is 6.16. The largest absolute Gasteiger partial charge is 0.292 e. The molecule has 0 fully saturated rings. The van der Waals surface area contributed by atoms with Gasteiger partial charge in [0, 0.05) is 28.5 Å². The number of hydrogen-bond acceptors (Lipinski definition) is 2. The molecule has 1 aromatic heterocycles. The van der Waals surface area contributed by atoms with E-state index in [1.54, 1.807) is 0 Å². The second kappa shape index (κ2) is 6.50. The van der Waals surface area contributed by atoms with Crippen LogP contribution in [-0.2, 0) is 13.1 Å². The van der Waals surface area contributed by atoms with E-state index in [4.69, 9.17) is 0 Å². The molecule has 1 heterocycles. The predicted octanol–water partition coefficient (Wildman–Crippen LogP) is 4.92. The third-order valence-electron chi connectivity index (χ3n) is 3.00. The molecule has 0 saturated heterocycles. The number of thiophene rings is 1. The summed E-state index contributed by atoms with van der Waals surface area (Å²) >= 11 is 5.43. The Morgan fingerprint density at radius 1 is 1.11 bits per heavy atom. The Labute approximate surface area is 122 Å². The van der Waals surface area contributed by atoms with Gasteiger partial charge in [0.05, 0.1) is 0 Å². The van der Waals surface area contributed by atoms with Crippen LogP contribution in [0.5, 0.6) is 0 Å². The van der Waals surface area contributed by atoms with Crippen molar-refractivity contribution >= 4 is 27.3 Å². The molecule has 0 aliphatic carbocycles. The van der Waals surface area contributed by atoms with E-state index in [9.17, 15) is 0 Å². The zero-order valence-corrected chi connectivity index (χ0v) is 13.2. The highest BCUT2D eigenvalue weighted by atomic mass is 79.9. The van der Waals surface area contributed by atoms with Crippen LogP contribution in [0.15, 0.2) is 46.3 Å². The number of halogens is 1. The SMILES string of the molecule is CC(C)N(Cc1ccccc1)Cc1sccc1Br. The Hall–Kier alpha value is -0.640. The van der Waals surface area contributed by atoms with Crippen LogP contribution < -0.4 is 0 Å². The molecular formula is C15H18BrNS. The summed E-state index contributed by atoms with van der Waals surface area (Å²) in [6.07, 6.45) is 0. The molecule has 0 N–H and O–H groups in total. The van der Waals surface area contributed by atoms with Crippen molar-refractivity contribution in [2.45, 2.75) is 33.0 Å². The molecule has 18 heavy (non-hydrogen) atoms. The zero-order chi connectivity index (χ0) is 13.0. The van der Waals surface area contributed by atoms with E-state index in [2.05, 4.69) is 76.5 Å². The molecule has 96 valence electrons. The molecule has 0 bridgehead atoms. The fourth-order valence-corrected chi connectivity index (χ4v) is 3.36. The summed E-state index contributed by atoms with van der Waals surface area (Å²) in [5, 5.41) is 2.14. The van der Waals surface area contributed by atoms with Gasteiger partial charge in [0.25, 0.3) is 0 Å². The lowest BCUT2D eigenvalue weighted by molar-refractivity contribution is 0.205. The van der Waals surface area contributed by atoms with Gasteiger partial charge in [-0.05, 0) is 46.8 Å². The minimum atomic E-state index is 0.541. The third kappa shape index (κ3) is 3.67. The van der Waals surface area contributed by atoms with Crippen LogP contribution in [-0.4, -0.2) is 10.9 Å². The first kappa shape index (κ1) is 13.8. The van der Waals surface area contributed by atoms with Crippen LogP contribution in [0.2, 0.25) is 0 Å². The van der Waals surface area contributed by atoms with Crippen molar-refractivity contribution in [2.24, 2.45) is 0 Å². The molecule has 0 radical (unpaired) electrons. The summed E-state index contributed by atoms with van der Waals surface area (Å²) in [5.41, 5.74) is 1.37. The third-order valence-corrected chi connectivity index (χ3v) is 4.91. The minimum absolute atomic E-state index is 0.541. The summed E-state index contributed by atoms with van der Waals surface area (Å²) in [4.78, 5) is 3.89. The average Bonchev–Trinajstić information content (AvgIpc) is 2.75. The molecular weight excluding hydrogens is 306 g/mol. The van der Waals surface area contributed by atoms with Gasteiger partial charge in [-0.3, -0.25) is 4.90 Å². The van der Waals surface area contributed by atoms with Gasteiger partial charge in [0.15, 0.2) is 0 Å². The van der Waals surface area contributed by atoms with E-state index in [0.717, 1.165) is 13.1 Å². The van der Waals surface area contributed by atoms with Gasteiger partial charge in [-0.25, -0.2) is 0 Å². The molecule has 2 rings (SSSR count). The number of nitrogens with zero attached hydrogens (tertiary/aromatic N) is 1. The van der Waals surface area contributed by atoms with Crippen molar-refractivity contribution < 1.29 is 0 Å². The molecule has 1 aromatic carbocycles. The lowest BCUT2D eigenvalue weighted by Gasteiger charge is -2.26. The van der Waals surface area contributed by atoms with Crippen LogP contribution in [0, 0.1) is 0 Å². The number of hydrogen-bond donors (Lipinski definition) is 0. The highest BCUT2D eigenvalue weighted by Crippen LogP contribution is 2.25. The number of rotatable bonds is 5. The molecule has 1 nitrogen and oxygen atoms in total. The van der Waals surface area contributed by atoms with Crippen molar-refractivity contribution in [2.75, 3.05) is 0 Å². The molecule has 0 atom stereocenters. The normalized spacial score (nSPS) is 11.4. The molecule has 0 aliphatic heterocycles. The standard InChI is InChI=1S/C15H18BrNS/c1-12(2)17(10-13-6-4-3-5-7-13)11-15-14(16)8-9-18-15/h3-9,12H,10-11H2,1-2H3. The molecule has 0 amide bonds. The molecule has 0 aliphatic rings. The van der Waals surface area contributed by atoms with Crippen molar-refractivity contribution in [3.05, 3.63) is 56.7 Å². The first-order chi connectivity index (χ1) is 8.66. The summed E-state index contributed by atoms with van der Waals surface area (Å²) in [6, 6.07) is 13.3. The smallest absolute Gasteiger partial charge is 0.0345 e. The fourth-order valence-electron chi connectivity index (χ4n) is 1.86. The van der Waals surface area contributed by atoms with Crippen LogP contribution in [0.1, 0.15) is 24.3 Å². The maximum atomic E-state index is 3.61. The van der Waals surface area contributed by atoms with Gasteiger partial charge in [-0.2, -0.15) is 0 Å². The Morgan fingerprint density at radius 3 is 2.39 bits per heavy atom. The van der Waals surface area contributed by atoms with Crippen molar-refractivity contribution in [1.29, 1.82) is 0 Å². The number of benzene rings is 1. The van der Waals surface area contributed by atoms with Gasteiger partial charge in [-0.1, -0.05) is 30.3 Å². The minimum Gasteiger partial charge on any atom is -0.292 e. The lowest BCUT2D eigenvalue weighted by Crippen LogP contribution is -2.29. The van der Waals surface area contributed by atoms with Crippen LogP contribution in [0.3, 0.4) is 0 Å². The van der Waals surface area contributed by atoms with Crippen LogP contribution in [0.4, 0.5) is 0 Å². The van der Waals surface area contributed by atoms with Crippen LogP contribution >= 0.6 is 27.3 Å². The van der Waals surface area contributed by atoms with Gasteiger partial charge in [0.2, 0.25) is 0 Å². The van der Waals surface area contributed by atoms with E-state index in [0.29, 0.717) is 6.04 Å². The maximum Gasteiger partial charge on any atom is 0.0345 e. The molecule has 0 spiro atoms. The molecule has 0 saturated carbocycles. The highest BCUT2D eigenvalue weighted by molar-refractivity contribution is 9.10. The first-order valence-corrected chi connectivity index (χ1v) is 7.84. The second-order valence-electron chi connectivity index (χ2n) is 4.68. The van der Waals surface area contributed by atoms with Gasteiger partial charge >= 0.3 is 0 Å². The molecule has 2 aromatic rings. The van der Waals surface area contributed by atoms with Crippen molar-refractivity contribution in [1.82, 2.24) is 4.90 Å². The van der Waals surface area contributed by atoms with E-state index in [1.807, 2.05) is 11.3 Å². The summed E-state index contributed by atoms with van der Waals surface area (Å²) < 4.78 is 1.23.